The molecule has 0 radical (unpaired) electrons. The Bertz CT molecular complexity index is 2160. The number of hydrogen-bond donors (Lipinski definition) is 3. The smallest absolute Gasteiger partial charge is 0.350 e. The summed E-state index contributed by atoms with van der Waals surface area (Å²) >= 11 is 6.29. The number of unbranched alkanes of at least 4 members (excludes halogenated alkanes) is 2. The number of carbonyl (C=O) groups is 1. The van der Waals surface area contributed by atoms with Gasteiger partial charge in [-0.2, -0.15) is 5.26 Å². The number of likely N-dealkylation sites (tertiary alicyclic amines) is 1. The van der Waals surface area contributed by atoms with Gasteiger partial charge in [-0.25, -0.2) is 23.8 Å². The van der Waals surface area contributed by atoms with Crippen LogP contribution in [0.25, 0.3) is 5.65 Å². The van der Waals surface area contributed by atoms with Gasteiger partial charge in [-0.1, -0.05) is 39.3 Å². The van der Waals surface area contributed by atoms with E-state index in [0.717, 1.165) is 57.8 Å². The van der Waals surface area contributed by atoms with Crippen molar-refractivity contribution in [3.63, 3.8) is 0 Å². The Balaban J connectivity index is 0.916. The standard InChI is InChI=1S/C41H52ClN9O6/c1-40(2)37(41(3,4)38(40)57-28-10-8-26(23-43)30(42)22-28)50-34(52)15-12-31(36(50)54)51-39(55)49-25-29(11-14-33(49)46-51)56-21-7-5-6-16-47-17-19-48(20-18-47)32-13-9-27(24-45-32)35(44)53/h8-11,13-14,22,24-25,31,34,36-38,52,54H,5-7,12,15-21H2,1-4H3,(H2,44,53)/t31-,34-,36-,37?,38?/m1/s1. The molecule has 1 saturated carbocycles. The number of amides is 1. The molecule has 4 aromatic rings. The molecule has 1 amide bonds. The number of piperidine rings is 1. The lowest BCUT2D eigenvalue weighted by Crippen LogP contribution is -2.78. The number of pyridine rings is 2. The zero-order chi connectivity index (χ0) is 40.6. The zero-order valence-corrected chi connectivity index (χ0v) is 33.7. The predicted octanol–water partition coefficient (Wildman–Crippen LogP) is 4.04. The van der Waals surface area contributed by atoms with E-state index in [1.807, 2.05) is 33.8 Å². The topological polar surface area (TPSA) is 188 Å². The normalized spacial score (nSPS) is 24.8. The van der Waals surface area contributed by atoms with Crippen molar-refractivity contribution >= 4 is 29.0 Å². The number of benzene rings is 1. The number of nitrogens with two attached hydrogens (primary N) is 1. The van der Waals surface area contributed by atoms with Gasteiger partial charge in [0.15, 0.2) is 5.65 Å². The Kier molecular flexibility index (Phi) is 11.5. The van der Waals surface area contributed by atoms with Crippen LogP contribution in [0.2, 0.25) is 5.02 Å². The van der Waals surface area contributed by atoms with E-state index in [0.29, 0.717) is 52.7 Å². The van der Waals surface area contributed by atoms with Crippen molar-refractivity contribution in [2.24, 2.45) is 16.6 Å². The number of nitrogens with zero attached hydrogens (tertiary/aromatic N) is 8. The monoisotopic (exact) mass is 801 g/mol. The average molecular weight is 802 g/mol. The van der Waals surface area contributed by atoms with Crippen molar-refractivity contribution in [2.45, 2.75) is 90.4 Å². The number of hydrogen-bond acceptors (Lipinski definition) is 12. The van der Waals surface area contributed by atoms with Crippen LogP contribution in [0.1, 0.15) is 81.8 Å². The Hall–Kier alpha value is -4.72. The van der Waals surface area contributed by atoms with Crippen LogP contribution < -0.4 is 25.8 Å². The Morgan fingerprint density at radius 2 is 1.74 bits per heavy atom. The van der Waals surface area contributed by atoms with Gasteiger partial charge in [-0.3, -0.25) is 9.69 Å². The summed E-state index contributed by atoms with van der Waals surface area (Å²) in [4.78, 5) is 35.9. The molecule has 57 heavy (non-hydrogen) atoms. The molecule has 304 valence electrons. The lowest BCUT2D eigenvalue weighted by atomic mass is 9.48. The van der Waals surface area contributed by atoms with E-state index in [1.54, 1.807) is 47.5 Å². The molecule has 3 aliphatic rings. The van der Waals surface area contributed by atoms with Crippen LogP contribution in [0.15, 0.2) is 59.7 Å². The van der Waals surface area contributed by atoms with Gasteiger partial charge < -0.3 is 30.3 Å². The van der Waals surface area contributed by atoms with Gasteiger partial charge in [0.05, 0.1) is 35.0 Å². The van der Waals surface area contributed by atoms with Crippen LogP contribution in [0.4, 0.5) is 5.82 Å². The molecule has 1 aliphatic carbocycles. The number of aromatic nitrogens is 4. The molecular weight excluding hydrogens is 750 g/mol. The van der Waals surface area contributed by atoms with Crippen LogP contribution in [-0.2, 0) is 0 Å². The minimum Gasteiger partial charge on any atom is -0.492 e. The van der Waals surface area contributed by atoms with Gasteiger partial charge in [-0.05, 0) is 75.0 Å². The molecule has 4 N–H and O–H groups in total. The van der Waals surface area contributed by atoms with Crippen molar-refractivity contribution in [3.8, 4) is 17.6 Å². The SMILES string of the molecule is CC1(C)C(Oc2ccc(C#N)c(Cl)c2)C(C)(C)C1N1[C@H](O)CC[C@@H](n2nc3ccc(OCCCCCN4CCN(c5ccc(C(N)=O)cn5)CC4)cn3c2=O)[C@H]1O. The van der Waals surface area contributed by atoms with Crippen LogP contribution >= 0.6 is 11.6 Å². The molecule has 0 spiro atoms. The largest absolute Gasteiger partial charge is 0.492 e. The fourth-order valence-corrected chi connectivity index (χ4v) is 9.75. The number of ether oxygens (including phenoxy) is 2. The number of halogens is 1. The molecule has 3 aromatic heterocycles. The van der Waals surface area contributed by atoms with Gasteiger partial charge in [0, 0.05) is 55.3 Å². The quantitative estimate of drug-likeness (QED) is 0.165. The Labute approximate surface area is 337 Å². The van der Waals surface area contributed by atoms with Gasteiger partial charge in [0.2, 0.25) is 5.91 Å². The van der Waals surface area contributed by atoms with E-state index in [-0.39, 0.29) is 17.8 Å². The number of aliphatic hydroxyl groups excluding tert-OH is 2. The van der Waals surface area contributed by atoms with E-state index < -0.39 is 35.2 Å². The van der Waals surface area contributed by atoms with E-state index in [1.165, 1.54) is 15.3 Å². The first kappa shape index (κ1) is 40.5. The molecule has 3 fully saturated rings. The maximum Gasteiger partial charge on any atom is 0.350 e. The molecule has 7 rings (SSSR count). The lowest BCUT2D eigenvalue weighted by molar-refractivity contribution is -0.284. The number of primary amides is 1. The number of aliphatic hydroxyl groups is 2. The third-order valence-electron chi connectivity index (χ3n) is 12.0. The average Bonchev–Trinajstić information content (AvgIpc) is 3.51. The molecular formula is C41H52ClN9O6. The molecule has 5 heterocycles. The summed E-state index contributed by atoms with van der Waals surface area (Å²) in [7, 11) is 0. The summed E-state index contributed by atoms with van der Waals surface area (Å²) in [5, 5.41) is 37.4. The third kappa shape index (κ3) is 7.93. The minimum absolute atomic E-state index is 0.308. The third-order valence-corrected chi connectivity index (χ3v) is 12.3. The predicted molar refractivity (Wildman–Crippen MR) is 214 cm³/mol. The molecule has 2 saturated heterocycles. The molecule has 3 atom stereocenters. The van der Waals surface area contributed by atoms with Crippen molar-refractivity contribution < 1.29 is 24.5 Å². The van der Waals surface area contributed by atoms with Gasteiger partial charge in [0.1, 0.15) is 41.9 Å². The lowest BCUT2D eigenvalue weighted by Gasteiger charge is -2.68. The van der Waals surface area contributed by atoms with Crippen molar-refractivity contribution in [2.75, 3.05) is 44.2 Å². The number of anilines is 1. The van der Waals surface area contributed by atoms with E-state index in [9.17, 15) is 25.1 Å². The molecule has 16 heteroatoms. The maximum atomic E-state index is 13.8. The summed E-state index contributed by atoms with van der Waals surface area (Å²) in [5.74, 6) is 1.48. The first-order valence-corrected chi connectivity index (χ1v) is 20.0. The maximum absolute atomic E-state index is 13.8. The summed E-state index contributed by atoms with van der Waals surface area (Å²) in [5.41, 5.74) is 5.10. The first-order chi connectivity index (χ1) is 27.2. The van der Waals surface area contributed by atoms with Gasteiger partial charge >= 0.3 is 5.69 Å². The van der Waals surface area contributed by atoms with Gasteiger partial charge in [0.25, 0.3) is 0 Å². The number of piperazine rings is 1. The summed E-state index contributed by atoms with van der Waals surface area (Å²) < 4.78 is 15.3. The molecule has 0 bridgehead atoms. The van der Waals surface area contributed by atoms with Crippen molar-refractivity contribution in [1.82, 2.24) is 29.0 Å². The molecule has 15 nitrogen and oxygen atoms in total. The molecule has 2 aliphatic heterocycles. The number of carbonyl (C=O) groups excluding carboxylic acids is 1. The van der Waals surface area contributed by atoms with E-state index >= 15 is 0 Å². The summed E-state index contributed by atoms with van der Waals surface area (Å²) in [6.07, 6.45) is 4.38. The molecule has 0 unspecified atom stereocenters. The highest BCUT2D eigenvalue weighted by Crippen LogP contribution is 2.59. The molecule has 1 aromatic carbocycles. The summed E-state index contributed by atoms with van der Waals surface area (Å²) in [6, 6.07) is 13.1. The summed E-state index contributed by atoms with van der Waals surface area (Å²) in [6.45, 7) is 13.3. The van der Waals surface area contributed by atoms with Crippen molar-refractivity contribution in [1.29, 1.82) is 5.26 Å². The highest BCUT2D eigenvalue weighted by molar-refractivity contribution is 6.31. The Morgan fingerprint density at radius 3 is 2.40 bits per heavy atom. The van der Waals surface area contributed by atoms with E-state index in [2.05, 4.69) is 26.0 Å². The second-order valence-electron chi connectivity index (χ2n) is 16.6. The zero-order valence-electron chi connectivity index (χ0n) is 32.9. The minimum atomic E-state index is -1.19. The van der Waals surface area contributed by atoms with Crippen LogP contribution in [0, 0.1) is 22.2 Å². The Morgan fingerprint density at radius 1 is 1.00 bits per heavy atom. The second kappa shape index (κ2) is 16.3. The fourth-order valence-electron chi connectivity index (χ4n) is 9.54. The van der Waals surface area contributed by atoms with Crippen LogP contribution in [0.5, 0.6) is 11.5 Å². The van der Waals surface area contributed by atoms with Crippen LogP contribution in [0.3, 0.4) is 0 Å². The number of fused-ring (bicyclic) bond motifs is 1. The highest BCUT2D eigenvalue weighted by atomic mass is 35.5. The first-order valence-electron chi connectivity index (χ1n) is 19.7. The van der Waals surface area contributed by atoms with E-state index in [4.69, 9.17) is 26.8 Å². The van der Waals surface area contributed by atoms with Gasteiger partial charge in [-0.15, -0.1) is 5.10 Å². The highest BCUT2D eigenvalue weighted by Gasteiger charge is 2.67. The fraction of sp³-hybridized carbons (Fsp3) is 0.537. The number of nitriles is 1. The number of rotatable bonds is 13. The van der Waals surface area contributed by atoms with Crippen LogP contribution in [-0.4, -0.2) is 109 Å². The van der Waals surface area contributed by atoms with Crippen molar-refractivity contribution in [3.05, 3.63) is 81.5 Å². The second-order valence-corrected chi connectivity index (χ2v) is 17.0.